The molecule has 2 aromatic rings. The lowest BCUT2D eigenvalue weighted by Gasteiger charge is -2.19. The third kappa shape index (κ3) is 3.25. The Labute approximate surface area is 125 Å². The highest BCUT2D eigenvalue weighted by molar-refractivity contribution is 7.03. The number of carbonyl (C=O) groups excluding carboxylic acids is 1. The fourth-order valence-corrected chi connectivity index (χ4v) is 2.88. The number of amides is 1. The molecule has 0 radical (unpaired) electrons. The van der Waals surface area contributed by atoms with E-state index < -0.39 is 0 Å². The molecule has 0 unspecified atom stereocenters. The van der Waals surface area contributed by atoms with Crippen molar-refractivity contribution in [1.82, 2.24) is 14.9 Å². The second-order valence-electron chi connectivity index (χ2n) is 4.89. The molecule has 2 heterocycles. The second-order valence-corrected chi connectivity index (χ2v) is 5.50. The number of aromatic nitrogens is 2. The molecule has 1 saturated heterocycles. The lowest BCUT2D eigenvalue weighted by atomic mass is 9.95. The first-order valence-electron chi connectivity index (χ1n) is 6.66. The van der Waals surface area contributed by atoms with Crippen LogP contribution in [0.4, 0.5) is 4.39 Å². The summed E-state index contributed by atoms with van der Waals surface area (Å²) in [7, 11) is 0. The SMILES string of the molecule is O=C(NC[C@@H]1CCO[C@H]1c1ccc(F)cc1)c1csnn1. The van der Waals surface area contributed by atoms with E-state index in [9.17, 15) is 9.18 Å². The van der Waals surface area contributed by atoms with E-state index in [1.54, 1.807) is 17.5 Å². The van der Waals surface area contributed by atoms with Gasteiger partial charge in [-0.1, -0.05) is 16.6 Å². The van der Waals surface area contributed by atoms with Crippen molar-refractivity contribution in [3.8, 4) is 0 Å². The average molecular weight is 307 g/mol. The van der Waals surface area contributed by atoms with Gasteiger partial charge in [-0.2, -0.15) is 0 Å². The topological polar surface area (TPSA) is 64.1 Å². The Morgan fingerprint density at radius 1 is 1.43 bits per heavy atom. The quantitative estimate of drug-likeness (QED) is 0.940. The van der Waals surface area contributed by atoms with Crippen molar-refractivity contribution in [1.29, 1.82) is 0 Å². The van der Waals surface area contributed by atoms with Crippen molar-refractivity contribution in [3.63, 3.8) is 0 Å². The lowest BCUT2D eigenvalue weighted by molar-refractivity contribution is 0.0843. The maximum Gasteiger partial charge on any atom is 0.272 e. The summed E-state index contributed by atoms with van der Waals surface area (Å²) in [6, 6.07) is 6.30. The van der Waals surface area contributed by atoms with Crippen molar-refractivity contribution in [2.45, 2.75) is 12.5 Å². The molecule has 1 aliphatic rings. The molecule has 0 spiro atoms. The van der Waals surface area contributed by atoms with Crippen LogP contribution >= 0.6 is 11.5 Å². The van der Waals surface area contributed by atoms with Crippen LogP contribution in [0.15, 0.2) is 29.6 Å². The minimum Gasteiger partial charge on any atom is -0.373 e. The van der Waals surface area contributed by atoms with Crippen LogP contribution in [0.3, 0.4) is 0 Å². The molecule has 2 atom stereocenters. The van der Waals surface area contributed by atoms with Gasteiger partial charge in [-0.25, -0.2) is 4.39 Å². The number of nitrogens with zero attached hydrogens (tertiary/aromatic N) is 2. The first-order valence-corrected chi connectivity index (χ1v) is 7.50. The van der Waals surface area contributed by atoms with Gasteiger partial charge in [0.1, 0.15) is 5.82 Å². The molecule has 0 saturated carbocycles. The molecule has 3 rings (SSSR count). The summed E-state index contributed by atoms with van der Waals surface area (Å²) in [5.41, 5.74) is 1.26. The van der Waals surface area contributed by atoms with Crippen molar-refractivity contribution < 1.29 is 13.9 Å². The maximum atomic E-state index is 13.0. The van der Waals surface area contributed by atoms with E-state index >= 15 is 0 Å². The molecule has 1 fully saturated rings. The fraction of sp³-hybridized carbons (Fsp3) is 0.357. The molecule has 0 aliphatic carbocycles. The van der Waals surface area contributed by atoms with Crippen LogP contribution in [-0.2, 0) is 4.74 Å². The van der Waals surface area contributed by atoms with Gasteiger partial charge in [0, 0.05) is 24.4 Å². The number of hydrogen-bond acceptors (Lipinski definition) is 5. The van der Waals surface area contributed by atoms with Crippen molar-refractivity contribution in [3.05, 3.63) is 46.7 Å². The first-order chi connectivity index (χ1) is 10.2. The standard InChI is InChI=1S/C14H14FN3O2S/c15-11-3-1-9(2-4-11)13-10(5-6-20-13)7-16-14(19)12-8-21-18-17-12/h1-4,8,10,13H,5-7H2,(H,16,19)/t10-,13-/m0/s1. The predicted octanol–water partition coefficient (Wildman–Crippen LogP) is 2.18. The van der Waals surface area contributed by atoms with E-state index in [1.807, 2.05) is 0 Å². The zero-order chi connectivity index (χ0) is 14.7. The number of rotatable bonds is 4. The Kier molecular flexibility index (Phi) is 4.21. The van der Waals surface area contributed by atoms with Gasteiger partial charge in [0.05, 0.1) is 6.10 Å². The minimum atomic E-state index is -0.266. The number of ether oxygens (including phenoxy) is 1. The Morgan fingerprint density at radius 3 is 2.95 bits per heavy atom. The highest BCUT2D eigenvalue weighted by Gasteiger charge is 2.30. The molecule has 21 heavy (non-hydrogen) atoms. The summed E-state index contributed by atoms with van der Waals surface area (Å²) in [6.45, 7) is 1.14. The molecule has 0 bridgehead atoms. The van der Waals surface area contributed by atoms with Crippen molar-refractivity contribution >= 4 is 17.4 Å². The van der Waals surface area contributed by atoms with Gasteiger partial charge in [0.2, 0.25) is 0 Å². The van der Waals surface area contributed by atoms with Gasteiger partial charge in [-0.15, -0.1) is 5.10 Å². The summed E-state index contributed by atoms with van der Waals surface area (Å²) in [5, 5.41) is 8.19. The second kappa shape index (κ2) is 6.28. The number of hydrogen-bond donors (Lipinski definition) is 1. The highest BCUT2D eigenvalue weighted by Crippen LogP contribution is 2.34. The van der Waals surface area contributed by atoms with Gasteiger partial charge in [-0.05, 0) is 35.6 Å². The average Bonchev–Trinajstić information content (AvgIpc) is 3.17. The summed E-state index contributed by atoms with van der Waals surface area (Å²) < 4.78 is 22.4. The summed E-state index contributed by atoms with van der Waals surface area (Å²) >= 11 is 1.14. The number of benzene rings is 1. The van der Waals surface area contributed by atoms with Crippen LogP contribution in [0.2, 0.25) is 0 Å². The monoisotopic (exact) mass is 307 g/mol. The zero-order valence-corrected chi connectivity index (χ0v) is 12.0. The van der Waals surface area contributed by atoms with Crippen LogP contribution in [-0.4, -0.2) is 28.6 Å². The van der Waals surface area contributed by atoms with E-state index in [-0.39, 0.29) is 23.7 Å². The van der Waals surface area contributed by atoms with Crippen LogP contribution in [0.5, 0.6) is 0 Å². The number of halogens is 1. The van der Waals surface area contributed by atoms with Crippen molar-refractivity contribution in [2.75, 3.05) is 13.2 Å². The summed E-state index contributed by atoms with van der Waals surface area (Å²) in [4.78, 5) is 11.9. The fourth-order valence-electron chi connectivity index (χ4n) is 2.44. The van der Waals surface area contributed by atoms with Gasteiger partial charge in [0.25, 0.3) is 5.91 Å². The van der Waals surface area contributed by atoms with Crippen LogP contribution in [0, 0.1) is 11.7 Å². The Morgan fingerprint density at radius 2 is 2.24 bits per heavy atom. The van der Waals surface area contributed by atoms with Crippen molar-refractivity contribution in [2.24, 2.45) is 5.92 Å². The molecule has 1 aromatic heterocycles. The predicted molar refractivity (Wildman–Crippen MR) is 75.4 cm³/mol. The molecule has 110 valence electrons. The van der Waals surface area contributed by atoms with E-state index in [0.717, 1.165) is 23.5 Å². The molecule has 1 N–H and O–H groups in total. The minimum absolute atomic E-state index is 0.112. The maximum absolute atomic E-state index is 13.0. The molecule has 1 aromatic carbocycles. The Balaban J connectivity index is 1.62. The smallest absolute Gasteiger partial charge is 0.272 e. The summed E-state index contributed by atoms with van der Waals surface area (Å²) in [6.07, 6.45) is 0.747. The van der Waals surface area contributed by atoms with Gasteiger partial charge >= 0.3 is 0 Å². The number of carbonyl (C=O) groups is 1. The molecular formula is C14H14FN3O2S. The lowest BCUT2D eigenvalue weighted by Crippen LogP contribution is -2.30. The Hall–Kier alpha value is -1.86. The normalized spacial score (nSPS) is 21.4. The van der Waals surface area contributed by atoms with Crippen LogP contribution in [0.25, 0.3) is 0 Å². The van der Waals surface area contributed by atoms with Gasteiger partial charge in [-0.3, -0.25) is 4.79 Å². The molecule has 1 aliphatic heterocycles. The Bertz CT molecular complexity index is 603. The highest BCUT2D eigenvalue weighted by atomic mass is 32.1. The molecule has 7 heteroatoms. The van der Waals surface area contributed by atoms with E-state index in [2.05, 4.69) is 14.9 Å². The third-order valence-electron chi connectivity index (χ3n) is 3.53. The van der Waals surface area contributed by atoms with E-state index in [1.165, 1.54) is 12.1 Å². The zero-order valence-electron chi connectivity index (χ0n) is 11.2. The first kappa shape index (κ1) is 14.1. The van der Waals surface area contributed by atoms with Gasteiger partial charge < -0.3 is 10.1 Å². The van der Waals surface area contributed by atoms with Gasteiger partial charge in [0.15, 0.2) is 5.69 Å². The van der Waals surface area contributed by atoms with Crippen LogP contribution < -0.4 is 5.32 Å². The van der Waals surface area contributed by atoms with E-state index in [0.29, 0.717) is 18.8 Å². The van der Waals surface area contributed by atoms with E-state index in [4.69, 9.17) is 4.74 Å². The van der Waals surface area contributed by atoms with Crippen LogP contribution in [0.1, 0.15) is 28.6 Å². The molecular weight excluding hydrogens is 293 g/mol. The molecule has 5 nitrogen and oxygen atoms in total. The largest absolute Gasteiger partial charge is 0.373 e. The third-order valence-corrected chi connectivity index (χ3v) is 4.03. The number of nitrogens with one attached hydrogen (secondary N) is 1. The molecule has 1 amide bonds. The summed E-state index contributed by atoms with van der Waals surface area (Å²) in [5.74, 6) is -0.322.